The summed E-state index contributed by atoms with van der Waals surface area (Å²) in [5.41, 5.74) is 0.340. The van der Waals surface area contributed by atoms with Gasteiger partial charge in [0, 0.05) is 13.1 Å². The van der Waals surface area contributed by atoms with Crippen molar-refractivity contribution in [1.29, 1.82) is 0 Å². The van der Waals surface area contributed by atoms with Crippen molar-refractivity contribution in [3.8, 4) is 5.75 Å². The van der Waals surface area contributed by atoms with Gasteiger partial charge in [-0.25, -0.2) is 0 Å². The minimum Gasteiger partial charge on any atom is -0.492 e. The highest BCUT2D eigenvalue weighted by molar-refractivity contribution is 5.20. The quantitative estimate of drug-likeness (QED) is 0.750. The molecule has 2 heteroatoms. The Labute approximate surface area is 92.6 Å². The molecule has 1 aromatic carbocycles. The molecule has 0 bridgehead atoms. The second kappa shape index (κ2) is 5.76. The molecule has 1 aromatic rings. The van der Waals surface area contributed by atoms with Gasteiger partial charge in [-0.3, -0.25) is 0 Å². The largest absolute Gasteiger partial charge is 0.492 e. The van der Waals surface area contributed by atoms with E-state index in [9.17, 15) is 0 Å². The van der Waals surface area contributed by atoms with Crippen LogP contribution < -0.4 is 10.1 Å². The van der Waals surface area contributed by atoms with Crippen molar-refractivity contribution in [1.82, 2.24) is 5.32 Å². The Hall–Kier alpha value is -1.02. The number of hydrogen-bond donors (Lipinski definition) is 1. The molecule has 0 amide bonds. The fourth-order valence-electron chi connectivity index (χ4n) is 1.22. The van der Waals surface area contributed by atoms with Crippen molar-refractivity contribution in [3.05, 3.63) is 30.3 Å². The Bertz CT molecular complexity index is 264. The zero-order chi connectivity index (χ0) is 11.1. The third kappa shape index (κ3) is 6.13. The summed E-state index contributed by atoms with van der Waals surface area (Å²) < 4.78 is 5.56. The normalized spacial score (nSPS) is 11.4. The third-order valence-electron chi connectivity index (χ3n) is 1.95. The molecule has 0 saturated carbocycles. The monoisotopic (exact) mass is 207 g/mol. The summed E-state index contributed by atoms with van der Waals surface area (Å²) in [6, 6.07) is 9.91. The van der Waals surface area contributed by atoms with E-state index in [0.29, 0.717) is 5.41 Å². The molecule has 0 aliphatic heterocycles. The number of para-hydroxylation sites is 1. The van der Waals surface area contributed by atoms with E-state index in [1.165, 1.54) is 0 Å². The van der Waals surface area contributed by atoms with Crippen LogP contribution in [0, 0.1) is 5.41 Å². The molecule has 0 radical (unpaired) electrons. The SMILES string of the molecule is CC(C)(C)CNCCOc1ccccc1. The van der Waals surface area contributed by atoms with Gasteiger partial charge in [0.15, 0.2) is 0 Å². The minimum absolute atomic E-state index is 0.340. The highest BCUT2D eigenvalue weighted by atomic mass is 16.5. The highest BCUT2D eigenvalue weighted by Gasteiger charge is 2.08. The molecular weight excluding hydrogens is 186 g/mol. The summed E-state index contributed by atoms with van der Waals surface area (Å²) in [5.74, 6) is 0.940. The maximum atomic E-state index is 5.56. The third-order valence-corrected chi connectivity index (χ3v) is 1.95. The molecule has 84 valence electrons. The first-order valence-corrected chi connectivity index (χ1v) is 5.46. The molecule has 0 atom stereocenters. The number of hydrogen-bond acceptors (Lipinski definition) is 2. The van der Waals surface area contributed by atoms with Crippen LogP contribution in [-0.4, -0.2) is 19.7 Å². The zero-order valence-corrected chi connectivity index (χ0v) is 9.92. The Balaban J connectivity index is 2.08. The van der Waals surface area contributed by atoms with E-state index in [1.54, 1.807) is 0 Å². The van der Waals surface area contributed by atoms with E-state index in [0.717, 1.165) is 25.4 Å². The molecule has 0 aromatic heterocycles. The van der Waals surface area contributed by atoms with Crippen LogP contribution in [-0.2, 0) is 0 Å². The summed E-state index contributed by atoms with van der Waals surface area (Å²) in [7, 11) is 0. The van der Waals surface area contributed by atoms with Gasteiger partial charge < -0.3 is 10.1 Å². The van der Waals surface area contributed by atoms with E-state index >= 15 is 0 Å². The first kappa shape index (κ1) is 12.1. The topological polar surface area (TPSA) is 21.3 Å². The number of benzene rings is 1. The molecule has 0 aliphatic rings. The number of ether oxygens (including phenoxy) is 1. The molecule has 15 heavy (non-hydrogen) atoms. The molecule has 0 saturated heterocycles. The van der Waals surface area contributed by atoms with Gasteiger partial charge in [0.05, 0.1) is 0 Å². The van der Waals surface area contributed by atoms with Crippen LogP contribution in [0.15, 0.2) is 30.3 Å². The van der Waals surface area contributed by atoms with Gasteiger partial charge in [0.2, 0.25) is 0 Å². The van der Waals surface area contributed by atoms with Crippen LogP contribution >= 0.6 is 0 Å². The fourth-order valence-corrected chi connectivity index (χ4v) is 1.22. The zero-order valence-electron chi connectivity index (χ0n) is 9.92. The molecule has 1 N–H and O–H groups in total. The van der Waals surface area contributed by atoms with E-state index in [4.69, 9.17) is 4.74 Å². The summed E-state index contributed by atoms with van der Waals surface area (Å²) in [6.07, 6.45) is 0. The molecule has 0 spiro atoms. The van der Waals surface area contributed by atoms with Crippen molar-refractivity contribution < 1.29 is 4.74 Å². The van der Waals surface area contributed by atoms with Crippen LogP contribution in [0.25, 0.3) is 0 Å². The molecular formula is C13H21NO. The van der Waals surface area contributed by atoms with Gasteiger partial charge in [0.25, 0.3) is 0 Å². The van der Waals surface area contributed by atoms with Crippen molar-refractivity contribution in [3.63, 3.8) is 0 Å². The average Bonchev–Trinajstić information content (AvgIpc) is 2.17. The lowest BCUT2D eigenvalue weighted by Gasteiger charge is -2.18. The second-order valence-corrected chi connectivity index (χ2v) is 4.90. The Morgan fingerprint density at radius 3 is 2.40 bits per heavy atom. The van der Waals surface area contributed by atoms with Crippen LogP contribution in [0.1, 0.15) is 20.8 Å². The minimum atomic E-state index is 0.340. The highest BCUT2D eigenvalue weighted by Crippen LogP contribution is 2.10. The number of rotatable bonds is 5. The molecule has 0 heterocycles. The first-order chi connectivity index (χ1) is 7.08. The van der Waals surface area contributed by atoms with Crippen molar-refractivity contribution in [2.45, 2.75) is 20.8 Å². The van der Waals surface area contributed by atoms with Crippen molar-refractivity contribution >= 4 is 0 Å². The van der Waals surface area contributed by atoms with Crippen LogP contribution in [0.4, 0.5) is 0 Å². The maximum Gasteiger partial charge on any atom is 0.119 e. The Morgan fingerprint density at radius 1 is 1.13 bits per heavy atom. The number of nitrogens with one attached hydrogen (secondary N) is 1. The van der Waals surface area contributed by atoms with Crippen molar-refractivity contribution in [2.75, 3.05) is 19.7 Å². The average molecular weight is 207 g/mol. The summed E-state index contributed by atoms with van der Waals surface area (Å²) in [5, 5.41) is 3.37. The van der Waals surface area contributed by atoms with Gasteiger partial charge in [-0.2, -0.15) is 0 Å². The van der Waals surface area contributed by atoms with Crippen LogP contribution in [0.3, 0.4) is 0 Å². The Morgan fingerprint density at radius 2 is 1.80 bits per heavy atom. The predicted octanol–water partition coefficient (Wildman–Crippen LogP) is 2.70. The molecule has 1 rings (SSSR count). The lowest BCUT2D eigenvalue weighted by Crippen LogP contribution is -2.30. The van der Waals surface area contributed by atoms with Gasteiger partial charge in [0.1, 0.15) is 12.4 Å². The summed E-state index contributed by atoms with van der Waals surface area (Å²) in [6.45, 7) is 9.30. The summed E-state index contributed by atoms with van der Waals surface area (Å²) in [4.78, 5) is 0. The van der Waals surface area contributed by atoms with E-state index in [2.05, 4.69) is 26.1 Å². The predicted molar refractivity (Wildman–Crippen MR) is 64.3 cm³/mol. The molecule has 0 aliphatic carbocycles. The van der Waals surface area contributed by atoms with E-state index < -0.39 is 0 Å². The van der Waals surface area contributed by atoms with Crippen LogP contribution in [0.2, 0.25) is 0 Å². The van der Waals surface area contributed by atoms with Gasteiger partial charge in [-0.15, -0.1) is 0 Å². The molecule has 0 fully saturated rings. The lowest BCUT2D eigenvalue weighted by atomic mass is 9.97. The maximum absolute atomic E-state index is 5.56. The van der Waals surface area contributed by atoms with E-state index in [-0.39, 0.29) is 0 Å². The standard InChI is InChI=1S/C13H21NO/c1-13(2,3)11-14-9-10-15-12-7-5-4-6-8-12/h4-8,14H,9-11H2,1-3H3. The van der Waals surface area contributed by atoms with Gasteiger partial charge in [-0.05, 0) is 17.5 Å². The van der Waals surface area contributed by atoms with Gasteiger partial charge >= 0.3 is 0 Å². The van der Waals surface area contributed by atoms with Gasteiger partial charge in [-0.1, -0.05) is 39.0 Å². The van der Waals surface area contributed by atoms with Crippen LogP contribution in [0.5, 0.6) is 5.75 Å². The van der Waals surface area contributed by atoms with E-state index in [1.807, 2.05) is 30.3 Å². The second-order valence-electron chi connectivity index (χ2n) is 4.90. The first-order valence-electron chi connectivity index (χ1n) is 5.46. The smallest absolute Gasteiger partial charge is 0.119 e. The lowest BCUT2D eigenvalue weighted by molar-refractivity contribution is 0.297. The molecule has 2 nitrogen and oxygen atoms in total. The molecule has 0 unspecified atom stereocenters. The fraction of sp³-hybridized carbons (Fsp3) is 0.538. The summed E-state index contributed by atoms with van der Waals surface area (Å²) >= 11 is 0. The van der Waals surface area contributed by atoms with Crippen molar-refractivity contribution in [2.24, 2.45) is 5.41 Å². The Kier molecular flexibility index (Phi) is 4.63.